The van der Waals surface area contributed by atoms with Crippen molar-refractivity contribution in [3.63, 3.8) is 0 Å². The van der Waals surface area contributed by atoms with E-state index in [2.05, 4.69) is 4.89 Å². The average molecular weight is 495 g/mol. The molecule has 0 fully saturated rings. The van der Waals surface area contributed by atoms with Crippen molar-refractivity contribution in [2.75, 3.05) is 19.6 Å². The topological polar surface area (TPSA) is 131 Å². The number of aliphatic carboxylic acids is 1. The number of carboxylic acid groups (broad SMARTS) is 1. The summed E-state index contributed by atoms with van der Waals surface area (Å²) in [6.07, 6.45) is 0.448. The van der Waals surface area contributed by atoms with Gasteiger partial charge in [0.1, 0.15) is 18.0 Å². The maximum Gasteiger partial charge on any atom is 0.355 e. The summed E-state index contributed by atoms with van der Waals surface area (Å²) in [6.45, 7) is -0.0634. The van der Waals surface area contributed by atoms with E-state index in [4.69, 9.17) is 5.26 Å². The molecule has 0 spiro atoms. The van der Waals surface area contributed by atoms with E-state index in [0.717, 1.165) is 5.56 Å². The molecule has 0 radical (unpaired) electrons. The lowest BCUT2D eigenvalue weighted by molar-refractivity contribution is -0.235. The molecule has 0 bridgehead atoms. The van der Waals surface area contributed by atoms with Gasteiger partial charge in [-0.25, -0.2) is 4.79 Å². The monoisotopic (exact) mass is 494 g/mol. The summed E-state index contributed by atoms with van der Waals surface area (Å²) in [5, 5.41) is 39.1. The second kappa shape index (κ2) is 13.2. The van der Waals surface area contributed by atoms with Crippen LogP contribution in [0.25, 0.3) is 0 Å². The molecule has 0 aliphatic carbocycles. The Morgan fingerprint density at radius 1 is 0.778 bits per heavy atom. The Bertz CT molecular complexity index is 1140. The van der Waals surface area contributed by atoms with Crippen molar-refractivity contribution >= 4 is 11.9 Å². The minimum Gasteiger partial charge on any atom is -0.508 e. The molecule has 0 amide bonds. The van der Waals surface area contributed by atoms with E-state index in [9.17, 15) is 24.9 Å². The normalized spacial score (nSPS) is 12.0. The molecule has 4 N–H and O–H groups in total. The molecule has 0 aliphatic heterocycles. The zero-order valence-electron chi connectivity index (χ0n) is 19.7. The van der Waals surface area contributed by atoms with Crippen LogP contribution in [0.5, 0.6) is 11.5 Å². The fourth-order valence-electron chi connectivity index (χ4n) is 4.13. The first kappa shape index (κ1) is 26.7. The summed E-state index contributed by atoms with van der Waals surface area (Å²) in [5.74, 6) is -1.81. The second-order valence-electron chi connectivity index (χ2n) is 8.53. The predicted molar refractivity (Wildman–Crippen MR) is 132 cm³/mol. The van der Waals surface area contributed by atoms with Gasteiger partial charge in [-0.1, -0.05) is 66.7 Å². The number of carbonyl (C=O) groups is 2. The van der Waals surface area contributed by atoms with Crippen LogP contribution in [0.3, 0.4) is 0 Å². The highest BCUT2D eigenvalue weighted by Crippen LogP contribution is 2.23. The van der Waals surface area contributed by atoms with Crippen molar-refractivity contribution in [3.8, 4) is 11.5 Å². The van der Waals surface area contributed by atoms with Crippen molar-refractivity contribution in [1.82, 2.24) is 9.80 Å². The number of carbonyl (C=O) groups excluding carboxylic acids is 1. The third-order valence-corrected chi connectivity index (χ3v) is 5.84. The molecule has 1 atom stereocenters. The Kier molecular flexibility index (Phi) is 9.82. The average Bonchev–Trinajstić information content (AvgIpc) is 2.86. The summed E-state index contributed by atoms with van der Waals surface area (Å²) in [6, 6.07) is 22.5. The van der Waals surface area contributed by atoms with E-state index < -0.39 is 18.0 Å². The minimum absolute atomic E-state index is 0.0509. The highest BCUT2D eigenvalue weighted by atomic mass is 17.1. The third-order valence-electron chi connectivity index (χ3n) is 5.84. The van der Waals surface area contributed by atoms with Crippen LogP contribution in [0.2, 0.25) is 0 Å². The van der Waals surface area contributed by atoms with Crippen LogP contribution in [0.4, 0.5) is 0 Å². The maximum atomic E-state index is 12.1. The molecule has 9 heteroatoms. The van der Waals surface area contributed by atoms with Gasteiger partial charge in [0.2, 0.25) is 0 Å². The van der Waals surface area contributed by atoms with Crippen molar-refractivity contribution in [2.24, 2.45) is 0 Å². The number of hydrogen-bond acceptors (Lipinski definition) is 8. The van der Waals surface area contributed by atoms with E-state index in [1.54, 1.807) is 52.3 Å². The number of rotatable bonds is 13. The number of para-hydroxylation sites is 2. The SMILES string of the molecule is O=C(O)CN(Cc1ccccc1O)CC(Cc1ccccc1)N(CC(=O)OO)Cc1ccccc1O. The molecule has 0 aliphatic rings. The summed E-state index contributed by atoms with van der Waals surface area (Å²) in [4.78, 5) is 31.2. The summed E-state index contributed by atoms with van der Waals surface area (Å²) in [5.41, 5.74) is 2.09. The van der Waals surface area contributed by atoms with Gasteiger partial charge in [0, 0.05) is 36.8 Å². The molecule has 0 saturated carbocycles. The predicted octanol–water partition coefficient (Wildman–Crippen LogP) is 3.11. The summed E-state index contributed by atoms with van der Waals surface area (Å²) >= 11 is 0. The Morgan fingerprint density at radius 2 is 1.33 bits per heavy atom. The molecule has 3 aromatic carbocycles. The first-order chi connectivity index (χ1) is 17.4. The van der Waals surface area contributed by atoms with E-state index in [1.165, 1.54) is 6.07 Å². The summed E-state index contributed by atoms with van der Waals surface area (Å²) in [7, 11) is 0. The number of nitrogens with zero attached hydrogens (tertiary/aromatic N) is 2. The van der Waals surface area contributed by atoms with Crippen molar-refractivity contribution in [2.45, 2.75) is 25.6 Å². The molecular weight excluding hydrogens is 464 g/mol. The molecule has 0 aromatic heterocycles. The Morgan fingerprint density at radius 3 is 1.89 bits per heavy atom. The van der Waals surface area contributed by atoms with Crippen LogP contribution < -0.4 is 0 Å². The van der Waals surface area contributed by atoms with Gasteiger partial charge in [0.05, 0.1) is 6.54 Å². The van der Waals surface area contributed by atoms with E-state index in [-0.39, 0.29) is 44.2 Å². The standard InChI is InChI=1S/C27H30N2O7/c30-24-12-6-4-10-21(24)15-28(18-26(32)33)17-23(14-20-8-2-1-3-9-20)29(19-27(34)36-35)16-22-11-5-7-13-25(22)31/h1-13,23,30-31,35H,14-19H2,(H,32,33). The van der Waals surface area contributed by atoms with Gasteiger partial charge < -0.3 is 15.3 Å². The third kappa shape index (κ3) is 8.09. The lowest BCUT2D eigenvalue weighted by atomic mass is 10.0. The first-order valence-electron chi connectivity index (χ1n) is 11.5. The van der Waals surface area contributed by atoms with Crippen LogP contribution in [0, 0.1) is 0 Å². The Hall–Kier alpha value is -3.92. The lowest BCUT2D eigenvalue weighted by Crippen LogP contribution is -2.48. The van der Waals surface area contributed by atoms with Crippen molar-refractivity contribution in [1.29, 1.82) is 0 Å². The van der Waals surface area contributed by atoms with Crippen LogP contribution in [-0.4, -0.2) is 68.0 Å². The zero-order chi connectivity index (χ0) is 25.9. The fraction of sp³-hybridized carbons (Fsp3) is 0.259. The Balaban J connectivity index is 1.95. The van der Waals surface area contributed by atoms with Gasteiger partial charge in [0.15, 0.2) is 0 Å². The molecule has 0 saturated heterocycles. The van der Waals surface area contributed by atoms with E-state index >= 15 is 0 Å². The molecule has 190 valence electrons. The highest BCUT2D eigenvalue weighted by molar-refractivity contribution is 5.71. The fourth-order valence-corrected chi connectivity index (χ4v) is 4.13. The van der Waals surface area contributed by atoms with Crippen LogP contribution in [0.15, 0.2) is 78.9 Å². The van der Waals surface area contributed by atoms with Gasteiger partial charge in [-0.05, 0) is 24.1 Å². The van der Waals surface area contributed by atoms with E-state index in [1.807, 2.05) is 30.3 Å². The van der Waals surface area contributed by atoms with Gasteiger partial charge in [0.25, 0.3) is 0 Å². The smallest absolute Gasteiger partial charge is 0.355 e. The van der Waals surface area contributed by atoms with Gasteiger partial charge in [-0.2, -0.15) is 5.26 Å². The zero-order valence-corrected chi connectivity index (χ0v) is 19.7. The van der Waals surface area contributed by atoms with Gasteiger partial charge in [-0.3, -0.25) is 19.5 Å². The molecule has 1 unspecified atom stereocenters. The van der Waals surface area contributed by atoms with Crippen LogP contribution in [-0.2, 0) is 34.0 Å². The molecule has 9 nitrogen and oxygen atoms in total. The second-order valence-corrected chi connectivity index (χ2v) is 8.53. The molecular formula is C27H30N2O7. The van der Waals surface area contributed by atoms with E-state index in [0.29, 0.717) is 17.5 Å². The quantitative estimate of drug-likeness (QED) is 0.209. The van der Waals surface area contributed by atoms with Gasteiger partial charge in [-0.15, -0.1) is 0 Å². The lowest BCUT2D eigenvalue weighted by Gasteiger charge is -2.35. The Labute approximate surface area is 209 Å². The number of carboxylic acids is 1. The van der Waals surface area contributed by atoms with Gasteiger partial charge >= 0.3 is 11.9 Å². The molecule has 3 rings (SSSR count). The number of hydrogen-bond donors (Lipinski definition) is 4. The number of aromatic hydroxyl groups is 2. The number of benzene rings is 3. The molecule has 36 heavy (non-hydrogen) atoms. The first-order valence-corrected chi connectivity index (χ1v) is 11.5. The van der Waals surface area contributed by atoms with Crippen molar-refractivity contribution in [3.05, 3.63) is 95.6 Å². The minimum atomic E-state index is -1.04. The van der Waals surface area contributed by atoms with Crippen LogP contribution in [0.1, 0.15) is 16.7 Å². The maximum absolute atomic E-state index is 12.1. The number of phenolic OH excluding ortho intramolecular Hbond substituents is 2. The van der Waals surface area contributed by atoms with Crippen LogP contribution >= 0.6 is 0 Å². The number of phenols is 2. The summed E-state index contributed by atoms with van der Waals surface area (Å²) < 4.78 is 0. The van der Waals surface area contributed by atoms with Crippen molar-refractivity contribution < 1.29 is 35.1 Å². The largest absolute Gasteiger partial charge is 0.508 e. The molecule has 3 aromatic rings. The highest BCUT2D eigenvalue weighted by Gasteiger charge is 2.27. The molecule has 0 heterocycles.